The summed E-state index contributed by atoms with van der Waals surface area (Å²) >= 11 is 0. The molecular weight excluding hydrogens is 176 g/mol. The van der Waals surface area contributed by atoms with E-state index in [1.807, 2.05) is 18.7 Å². The molecule has 1 unspecified atom stereocenters. The van der Waals surface area contributed by atoms with Gasteiger partial charge in [0.1, 0.15) is 0 Å². The van der Waals surface area contributed by atoms with E-state index in [9.17, 15) is 4.79 Å². The van der Waals surface area contributed by atoms with Gasteiger partial charge < -0.3 is 10.6 Å². The number of carbonyl (C=O) groups excluding carboxylic acids is 1. The van der Waals surface area contributed by atoms with Crippen LogP contribution in [0.5, 0.6) is 0 Å². The van der Waals surface area contributed by atoms with Crippen molar-refractivity contribution in [1.82, 2.24) is 4.90 Å². The number of rotatable bonds is 2. The number of nitrogens with zero attached hydrogens (tertiary/aromatic N) is 1. The quantitative estimate of drug-likeness (QED) is 0.731. The molecule has 1 aliphatic heterocycles. The molecule has 1 heterocycles. The second-order valence-electron chi connectivity index (χ2n) is 5.14. The first-order valence-electron chi connectivity index (χ1n) is 5.42. The third-order valence-corrected chi connectivity index (χ3v) is 3.37. The molecule has 3 nitrogen and oxygen atoms in total. The minimum absolute atomic E-state index is 0.00706. The van der Waals surface area contributed by atoms with Crippen molar-refractivity contribution in [1.29, 1.82) is 0 Å². The summed E-state index contributed by atoms with van der Waals surface area (Å²) in [5.74, 6) is 0.0995. The van der Waals surface area contributed by atoms with Gasteiger partial charge in [-0.15, -0.1) is 0 Å². The molecule has 0 radical (unpaired) electrons. The Morgan fingerprint density at radius 1 is 1.57 bits per heavy atom. The Hall–Kier alpha value is -0.570. The second-order valence-corrected chi connectivity index (χ2v) is 5.14. The van der Waals surface area contributed by atoms with Gasteiger partial charge in [0, 0.05) is 12.1 Å². The van der Waals surface area contributed by atoms with Crippen LogP contribution in [-0.2, 0) is 4.79 Å². The summed E-state index contributed by atoms with van der Waals surface area (Å²) in [6.45, 7) is 8.87. The highest BCUT2D eigenvalue weighted by molar-refractivity contribution is 5.86. The topological polar surface area (TPSA) is 46.3 Å². The van der Waals surface area contributed by atoms with Crippen LogP contribution in [0.1, 0.15) is 47.0 Å². The molecule has 3 heteroatoms. The van der Waals surface area contributed by atoms with Gasteiger partial charge in [-0.25, -0.2) is 0 Å². The molecule has 0 bridgehead atoms. The van der Waals surface area contributed by atoms with E-state index in [0.29, 0.717) is 6.42 Å². The average molecular weight is 198 g/mol. The third-order valence-electron chi connectivity index (χ3n) is 3.37. The minimum atomic E-state index is -0.693. The van der Waals surface area contributed by atoms with Crippen LogP contribution in [-0.4, -0.2) is 28.4 Å². The molecule has 0 aliphatic carbocycles. The van der Waals surface area contributed by atoms with Crippen molar-refractivity contribution in [2.75, 3.05) is 6.54 Å². The van der Waals surface area contributed by atoms with E-state index in [4.69, 9.17) is 5.73 Å². The highest BCUT2D eigenvalue weighted by Gasteiger charge is 2.41. The van der Waals surface area contributed by atoms with Gasteiger partial charge in [0.05, 0.1) is 5.54 Å². The molecule has 0 aromatic heterocycles. The lowest BCUT2D eigenvalue weighted by molar-refractivity contribution is -0.139. The van der Waals surface area contributed by atoms with Crippen LogP contribution in [0, 0.1) is 0 Å². The van der Waals surface area contributed by atoms with Crippen LogP contribution in [0.4, 0.5) is 0 Å². The summed E-state index contributed by atoms with van der Waals surface area (Å²) in [5, 5.41) is 0. The van der Waals surface area contributed by atoms with Crippen molar-refractivity contribution in [3.63, 3.8) is 0 Å². The molecule has 0 saturated carbocycles. The summed E-state index contributed by atoms with van der Waals surface area (Å²) in [6, 6.07) is 0. The molecule has 0 spiro atoms. The van der Waals surface area contributed by atoms with Crippen LogP contribution >= 0.6 is 0 Å². The Labute approximate surface area is 86.6 Å². The van der Waals surface area contributed by atoms with Crippen molar-refractivity contribution in [2.24, 2.45) is 5.73 Å². The number of carbonyl (C=O) groups is 1. The first-order valence-corrected chi connectivity index (χ1v) is 5.42. The van der Waals surface area contributed by atoms with Gasteiger partial charge in [-0.3, -0.25) is 4.79 Å². The molecule has 1 rings (SSSR count). The number of nitrogens with two attached hydrogens (primary N) is 1. The van der Waals surface area contributed by atoms with Crippen LogP contribution in [0.25, 0.3) is 0 Å². The number of hydrogen-bond donors (Lipinski definition) is 1. The van der Waals surface area contributed by atoms with Crippen LogP contribution in [0.15, 0.2) is 0 Å². The van der Waals surface area contributed by atoms with Gasteiger partial charge in [-0.05, 0) is 40.0 Å². The maximum atomic E-state index is 12.1. The number of amides is 1. The third kappa shape index (κ3) is 1.92. The molecule has 82 valence electrons. The average Bonchev–Trinajstić information content (AvgIpc) is 2.44. The highest BCUT2D eigenvalue weighted by atomic mass is 16.2. The summed E-state index contributed by atoms with van der Waals surface area (Å²) in [4.78, 5) is 14.1. The van der Waals surface area contributed by atoms with Gasteiger partial charge in [0.25, 0.3) is 0 Å². The number of hydrogen-bond acceptors (Lipinski definition) is 2. The molecule has 14 heavy (non-hydrogen) atoms. The summed E-state index contributed by atoms with van der Waals surface area (Å²) < 4.78 is 0. The van der Waals surface area contributed by atoms with E-state index < -0.39 is 5.54 Å². The van der Waals surface area contributed by atoms with Crippen molar-refractivity contribution in [3.8, 4) is 0 Å². The number of likely N-dealkylation sites (tertiary alicyclic amines) is 1. The van der Waals surface area contributed by atoms with Crippen molar-refractivity contribution < 1.29 is 4.79 Å². The smallest absolute Gasteiger partial charge is 0.242 e. The Bertz CT molecular complexity index is 233. The van der Waals surface area contributed by atoms with E-state index >= 15 is 0 Å². The first-order chi connectivity index (χ1) is 6.31. The second kappa shape index (κ2) is 3.54. The predicted molar refractivity (Wildman–Crippen MR) is 57.9 cm³/mol. The van der Waals surface area contributed by atoms with Crippen LogP contribution in [0.2, 0.25) is 0 Å². The van der Waals surface area contributed by atoms with Crippen molar-refractivity contribution >= 4 is 5.91 Å². The monoisotopic (exact) mass is 198 g/mol. The van der Waals surface area contributed by atoms with Gasteiger partial charge in [0.15, 0.2) is 0 Å². The fourth-order valence-electron chi connectivity index (χ4n) is 1.94. The van der Waals surface area contributed by atoms with Crippen LogP contribution in [0.3, 0.4) is 0 Å². The van der Waals surface area contributed by atoms with Gasteiger partial charge >= 0.3 is 0 Å². The lowest BCUT2D eigenvalue weighted by Crippen LogP contribution is -2.56. The molecule has 1 saturated heterocycles. The Kier molecular flexibility index (Phi) is 2.91. The summed E-state index contributed by atoms with van der Waals surface area (Å²) in [6.07, 6.45) is 2.87. The maximum Gasteiger partial charge on any atom is 0.242 e. The molecule has 2 N–H and O–H groups in total. The van der Waals surface area contributed by atoms with Crippen molar-refractivity contribution in [3.05, 3.63) is 0 Å². The van der Waals surface area contributed by atoms with E-state index in [2.05, 4.69) is 13.8 Å². The molecule has 1 atom stereocenters. The fraction of sp³-hybridized carbons (Fsp3) is 0.909. The minimum Gasteiger partial charge on any atom is -0.336 e. The van der Waals surface area contributed by atoms with Gasteiger partial charge in [-0.2, -0.15) is 0 Å². The maximum absolute atomic E-state index is 12.1. The summed E-state index contributed by atoms with van der Waals surface area (Å²) in [7, 11) is 0. The lowest BCUT2D eigenvalue weighted by Gasteiger charge is -2.37. The lowest BCUT2D eigenvalue weighted by atomic mass is 9.95. The van der Waals surface area contributed by atoms with E-state index in [1.54, 1.807) is 0 Å². The zero-order valence-electron chi connectivity index (χ0n) is 9.76. The Morgan fingerprint density at radius 2 is 2.14 bits per heavy atom. The normalized spacial score (nSPS) is 24.8. The highest BCUT2D eigenvalue weighted by Crippen LogP contribution is 2.30. The van der Waals surface area contributed by atoms with Crippen molar-refractivity contribution in [2.45, 2.75) is 58.0 Å². The zero-order valence-corrected chi connectivity index (χ0v) is 9.76. The fourth-order valence-corrected chi connectivity index (χ4v) is 1.94. The largest absolute Gasteiger partial charge is 0.336 e. The molecule has 1 aliphatic rings. The van der Waals surface area contributed by atoms with E-state index in [1.165, 1.54) is 0 Å². The molecule has 1 fully saturated rings. The molecular formula is C11H22N2O. The van der Waals surface area contributed by atoms with Gasteiger partial charge in [0.2, 0.25) is 5.91 Å². The molecule has 1 amide bonds. The SMILES string of the molecule is CCC(C)(N)C(=O)N1CCCC1(C)C. The zero-order chi connectivity index (χ0) is 11.0. The Balaban J connectivity index is 2.80. The molecule has 0 aromatic carbocycles. The molecule has 0 aromatic rings. The first kappa shape index (κ1) is 11.5. The summed E-state index contributed by atoms with van der Waals surface area (Å²) in [5.41, 5.74) is 5.27. The Morgan fingerprint density at radius 3 is 2.50 bits per heavy atom. The van der Waals surface area contributed by atoms with Gasteiger partial charge in [-0.1, -0.05) is 6.92 Å². The standard InChI is InChI=1S/C11H22N2O/c1-5-11(4,12)9(14)13-8-6-7-10(13,2)3/h5-8,12H2,1-4H3. The van der Waals surface area contributed by atoms with E-state index in [0.717, 1.165) is 19.4 Å². The van der Waals surface area contributed by atoms with Crippen LogP contribution < -0.4 is 5.73 Å². The van der Waals surface area contributed by atoms with E-state index in [-0.39, 0.29) is 11.4 Å². The predicted octanol–water partition coefficient (Wildman–Crippen LogP) is 1.51.